The van der Waals surface area contributed by atoms with Gasteiger partial charge in [-0.3, -0.25) is 4.79 Å². The van der Waals surface area contributed by atoms with Gasteiger partial charge in [-0.2, -0.15) is 0 Å². The Hall–Kier alpha value is -2.01. The number of hydrogen-bond acceptors (Lipinski definition) is 3. The fourth-order valence-corrected chi connectivity index (χ4v) is 2.46. The van der Waals surface area contributed by atoms with Crippen molar-refractivity contribution in [2.24, 2.45) is 0 Å². The maximum absolute atomic E-state index is 12.7. The molecule has 0 spiro atoms. The number of carboxylic acids is 1. The van der Waals surface area contributed by atoms with E-state index in [1.807, 2.05) is 0 Å². The molecule has 0 atom stereocenters. The topological polar surface area (TPSA) is 46.5 Å². The van der Waals surface area contributed by atoms with E-state index in [0.29, 0.717) is 12.4 Å². The Balaban J connectivity index is 1.73. The summed E-state index contributed by atoms with van der Waals surface area (Å²) < 4.78 is 18.3. The van der Waals surface area contributed by atoms with Crippen molar-refractivity contribution in [2.45, 2.75) is 11.3 Å². The largest absolute Gasteiger partial charge is 0.493 e. The first kappa shape index (κ1) is 15.4. The van der Waals surface area contributed by atoms with E-state index in [4.69, 9.17) is 9.84 Å². The van der Waals surface area contributed by atoms with Crippen molar-refractivity contribution in [1.82, 2.24) is 0 Å². The predicted octanol–water partition coefficient (Wildman–Crippen LogP) is 3.62. The third kappa shape index (κ3) is 5.47. The smallest absolute Gasteiger partial charge is 0.307 e. The van der Waals surface area contributed by atoms with Crippen molar-refractivity contribution in [3.8, 4) is 5.75 Å². The molecule has 0 heterocycles. The van der Waals surface area contributed by atoms with Crippen LogP contribution in [0.2, 0.25) is 0 Å². The van der Waals surface area contributed by atoms with E-state index in [2.05, 4.69) is 0 Å². The van der Waals surface area contributed by atoms with Crippen LogP contribution in [0.3, 0.4) is 0 Å². The molecule has 0 amide bonds. The van der Waals surface area contributed by atoms with Gasteiger partial charge in [-0.15, -0.1) is 11.8 Å². The van der Waals surface area contributed by atoms with E-state index < -0.39 is 5.97 Å². The van der Waals surface area contributed by atoms with Crippen LogP contribution in [0.4, 0.5) is 4.39 Å². The average Bonchev–Trinajstić information content (AvgIpc) is 2.46. The minimum atomic E-state index is -0.848. The molecule has 2 aromatic carbocycles. The number of rotatable bonds is 7. The van der Waals surface area contributed by atoms with E-state index in [1.165, 1.54) is 12.1 Å². The van der Waals surface area contributed by atoms with Gasteiger partial charge in [-0.25, -0.2) is 4.39 Å². The number of aliphatic carboxylic acids is 1. The molecule has 0 radical (unpaired) electrons. The van der Waals surface area contributed by atoms with Gasteiger partial charge in [0.25, 0.3) is 0 Å². The third-order valence-electron chi connectivity index (χ3n) is 2.71. The van der Waals surface area contributed by atoms with E-state index >= 15 is 0 Å². The molecule has 21 heavy (non-hydrogen) atoms. The summed E-state index contributed by atoms with van der Waals surface area (Å²) in [4.78, 5) is 11.6. The first-order valence-corrected chi connectivity index (χ1v) is 7.44. The Morgan fingerprint density at radius 3 is 2.38 bits per heavy atom. The van der Waals surface area contributed by atoms with E-state index in [0.717, 1.165) is 16.2 Å². The van der Waals surface area contributed by atoms with Gasteiger partial charge in [0, 0.05) is 10.6 Å². The number of carboxylic acid groups (broad SMARTS) is 1. The van der Waals surface area contributed by atoms with Gasteiger partial charge < -0.3 is 9.84 Å². The zero-order chi connectivity index (χ0) is 15.1. The molecular weight excluding hydrogens is 291 g/mol. The number of ether oxygens (including phenoxy) is 1. The van der Waals surface area contributed by atoms with Gasteiger partial charge in [-0.05, 0) is 42.0 Å². The highest BCUT2D eigenvalue weighted by atomic mass is 32.2. The van der Waals surface area contributed by atoms with Crippen LogP contribution in [0.5, 0.6) is 5.75 Å². The van der Waals surface area contributed by atoms with Crippen LogP contribution in [0.15, 0.2) is 53.4 Å². The normalized spacial score (nSPS) is 10.3. The number of benzene rings is 2. The van der Waals surface area contributed by atoms with Crippen molar-refractivity contribution >= 4 is 17.7 Å². The maximum Gasteiger partial charge on any atom is 0.307 e. The van der Waals surface area contributed by atoms with E-state index in [-0.39, 0.29) is 12.2 Å². The van der Waals surface area contributed by atoms with Crippen molar-refractivity contribution in [2.75, 3.05) is 12.4 Å². The van der Waals surface area contributed by atoms with Crippen molar-refractivity contribution in [1.29, 1.82) is 0 Å². The summed E-state index contributed by atoms with van der Waals surface area (Å²) in [6, 6.07) is 13.4. The summed E-state index contributed by atoms with van der Waals surface area (Å²) in [7, 11) is 0. The van der Waals surface area contributed by atoms with Crippen LogP contribution in [-0.2, 0) is 11.2 Å². The monoisotopic (exact) mass is 306 g/mol. The third-order valence-corrected chi connectivity index (χ3v) is 3.69. The summed E-state index contributed by atoms with van der Waals surface area (Å²) in [5.74, 6) is 0.378. The number of carbonyl (C=O) groups is 1. The van der Waals surface area contributed by atoms with Crippen molar-refractivity contribution < 1.29 is 19.0 Å². The molecule has 0 bridgehead atoms. The molecule has 0 fully saturated rings. The molecule has 0 saturated heterocycles. The molecule has 2 rings (SSSR count). The van der Waals surface area contributed by atoms with Crippen LogP contribution in [0.1, 0.15) is 5.56 Å². The van der Waals surface area contributed by atoms with E-state index in [9.17, 15) is 9.18 Å². The predicted molar refractivity (Wildman–Crippen MR) is 80.4 cm³/mol. The highest BCUT2D eigenvalue weighted by Gasteiger charge is 2.01. The average molecular weight is 306 g/mol. The van der Waals surface area contributed by atoms with Crippen molar-refractivity contribution in [3.05, 3.63) is 59.9 Å². The molecule has 5 heteroatoms. The molecule has 110 valence electrons. The second-order valence-electron chi connectivity index (χ2n) is 4.37. The zero-order valence-corrected chi connectivity index (χ0v) is 12.1. The second kappa shape index (κ2) is 7.69. The second-order valence-corrected chi connectivity index (χ2v) is 5.53. The standard InChI is InChI=1S/C16H15FO3S/c17-13-3-7-15(8-4-13)21-10-9-20-14-5-1-12(2-6-14)11-16(18)19/h1-8H,9-11H2,(H,18,19). The maximum atomic E-state index is 12.7. The van der Waals surface area contributed by atoms with Crippen LogP contribution in [0.25, 0.3) is 0 Å². The molecule has 0 aliphatic carbocycles. The molecule has 0 aromatic heterocycles. The summed E-state index contributed by atoms with van der Waals surface area (Å²) in [6.45, 7) is 0.528. The Bertz CT molecular complexity index is 581. The molecule has 1 N–H and O–H groups in total. The Labute approximate surface area is 126 Å². The lowest BCUT2D eigenvalue weighted by molar-refractivity contribution is -0.136. The molecule has 0 aliphatic heterocycles. The summed E-state index contributed by atoms with van der Waals surface area (Å²) >= 11 is 1.59. The van der Waals surface area contributed by atoms with Gasteiger partial charge in [0.05, 0.1) is 13.0 Å². The molecule has 3 nitrogen and oxygen atoms in total. The molecule has 0 unspecified atom stereocenters. The SMILES string of the molecule is O=C(O)Cc1ccc(OCCSc2ccc(F)cc2)cc1. The molecule has 0 saturated carbocycles. The van der Waals surface area contributed by atoms with E-state index in [1.54, 1.807) is 48.2 Å². The number of halogens is 1. The molecule has 2 aromatic rings. The van der Waals surface area contributed by atoms with Gasteiger partial charge in [0.15, 0.2) is 0 Å². The Morgan fingerprint density at radius 2 is 1.76 bits per heavy atom. The first-order chi connectivity index (χ1) is 10.1. The fraction of sp³-hybridized carbons (Fsp3) is 0.188. The molecular formula is C16H15FO3S. The quantitative estimate of drug-likeness (QED) is 0.627. The minimum Gasteiger partial charge on any atom is -0.493 e. The van der Waals surface area contributed by atoms with Crippen LogP contribution < -0.4 is 4.74 Å². The lowest BCUT2D eigenvalue weighted by Crippen LogP contribution is -2.02. The fourth-order valence-electron chi connectivity index (χ4n) is 1.73. The van der Waals surface area contributed by atoms with Gasteiger partial charge >= 0.3 is 5.97 Å². The van der Waals surface area contributed by atoms with Crippen molar-refractivity contribution in [3.63, 3.8) is 0 Å². The summed E-state index contributed by atoms with van der Waals surface area (Å²) in [6.07, 6.45) is 0.0146. The zero-order valence-electron chi connectivity index (χ0n) is 11.3. The first-order valence-electron chi connectivity index (χ1n) is 6.45. The summed E-state index contributed by atoms with van der Waals surface area (Å²) in [5.41, 5.74) is 0.746. The number of thioether (sulfide) groups is 1. The Morgan fingerprint density at radius 1 is 1.10 bits per heavy atom. The van der Waals surface area contributed by atoms with Gasteiger partial charge in [-0.1, -0.05) is 12.1 Å². The minimum absolute atomic E-state index is 0.0146. The number of hydrogen-bond donors (Lipinski definition) is 1. The lowest BCUT2D eigenvalue weighted by Gasteiger charge is -2.07. The van der Waals surface area contributed by atoms with Gasteiger partial charge in [0.1, 0.15) is 11.6 Å². The van der Waals surface area contributed by atoms with Gasteiger partial charge in [0.2, 0.25) is 0 Å². The highest BCUT2D eigenvalue weighted by molar-refractivity contribution is 7.99. The molecule has 0 aliphatic rings. The van der Waals surface area contributed by atoms with Crippen LogP contribution >= 0.6 is 11.8 Å². The summed E-state index contributed by atoms with van der Waals surface area (Å²) in [5, 5.41) is 8.68. The Kier molecular flexibility index (Phi) is 5.63. The van der Waals surface area contributed by atoms with Crippen LogP contribution in [-0.4, -0.2) is 23.4 Å². The lowest BCUT2D eigenvalue weighted by atomic mass is 10.1. The highest BCUT2D eigenvalue weighted by Crippen LogP contribution is 2.19. The van der Waals surface area contributed by atoms with Crippen LogP contribution in [0, 0.1) is 5.82 Å².